The van der Waals surface area contributed by atoms with Crippen LogP contribution < -0.4 is 10.5 Å². The van der Waals surface area contributed by atoms with Crippen LogP contribution in [-0.4, -0.2) is 19.9 Å². The van der Waals surface area contributed by atoms with E-state index in [-0.39, 0.29) is 11.4 Å². The van der Waals surface area contributed by atoms with Gasteiger partial charge in [-0.3, -0.25) is 9.97 Å². The Morgan fingerprint density at radius 2 is 1.83 bits per heavy atom. The Balaban J connectivity index is 1.86. The van der Waals surface area contributed by atoms with Crippen molar-refractivity contribution in [1.29, 1.82) is 0 Å². The first-order valence-corrected chi connectivity index (χ1v) is 8.94. The predicted molar refractivity (Wildman–Crippen MR) is 105 cm³/mol. The minimum absolute atomic E-state index is 0.0908. The Bertz CT molecular complexity index is 1210. The third-order valence-electron chi connectivity index (χ3n) is 4.41. The number of hydrogen-bond acceptors (Lipinski definition) is 6. The quantitative estimate of drug-likeness (QED) is 0.486. The maximum atomic E-state index is 14.6. The summed E-state index contributed by atoms with van der Waals surface area (Å²) < 4.78 is 34.2. The summed E-state index contributed by atoms with van der Waals surface area (Å²) in [6, 6.07) is 5.63. The van der Waals surface area contributed by atoms with Crippen LogP contribution in [0.1, 0.15) is 18.7 Å². The minimum atomic E-state index is -0.883. The summed E-state index contributed by atoms with van der Waals surface area (Å²) in [6.45, 7) is 1.81. The van der Waals surface area contributed by atoms with Gasteiger partial charge >= 0.3 is 0 Å². The number of fused-ring (bicyclic) bond motifs is 1. The van der Waals surface area contributed by atoms with Crippen LogP contribution in [0.15, 0.2) is 49.2 Å². The molecule has 29 heavy (non-hydrogen) atoms. The van der Waals surface area contributed by atoms with Crippen molar-refractivity contribution < 1.29 is 13.5 Å². The lowest BCUT2D eigenvalue weighted by molar-refractivity contribution is 0.224. The van der Waals surface area contributed by atoms with E-state index in [1.807, 2.05) is 6.92 Å². The Morgan fingerprint density at radius 3 is 2.59 bits per heavy atom. The molecule has 0 radical (unpaired) electrons. The molecular formula is C20H14ClF2N5O. The van der Waals surface area contributed by atoms with Gasteiger partial charge in [-0.2, -0.15) is 0 Å². The molecule has 1 atom stereocenters. The second-order valence-electron chi connectivity index (χ2n) is 6.21. The first kappa shape index (κ1) is 18.9. The van der Waals surface area contributed by atoms with Crippen molar-refractivity contribution in [3.05, 3.63) is 71.5 Å². The van der Waals surface area contributed by atoms with Crippen molar-refractivity contribution in [3.63, 3.8) is 0 Å². The molecule has 0 saturated heterocycles. The Morgan fingerprint density at radius 1 is 1.03 bits per heavy atom. The zero-order valence-corrected chi connectivity index (χ0v) is 15.9. The summed E-state index contributed by atoms with van der Waals surface area (Å²) in [6.07, 6.45) is 5.55. The normalized spacial score (nSPS) is 12.1. The van der Waals surface area contributed by atoms with E-state index in [1.165, 1.54) is 12.4 Å². The van der Waals surface area contributed by atoms with Crippen LogP contribution in [0.25, 0.3) is 22.0 Å². The van der Waals surface area contributed by atoms with E-state index in [2.05, 4.69) is 19.9 Å². The summed E-state index contributed by atoms with van der Waals surface area (Å²) in [7, 11) is 0. The molecule has 0 aliphatic heterocycles. The van der Waals surface area contributed by atoms with E-state index in [4.69, 9.17) is 22.1 Å². The highest BCUT2D eigenvalue weighted by Crippen LogP contribution is 2.39. The van der Waals surface area contributed by atoms with Gasteiger partial charge in [0.25, 0.3) is 0 Å². The van der Waals surface area contributed by atoms with E-state index in [0.29, 0.717) is 27.9 Å². The molecule has 2 N–H and O–H groups in total. The molecule has 146 valence electrons. The summed E-state index contributed by atoms with van der Waals surface area (Å²) >= 11 is 5.74. The zero-order valence-electron chi connectivity index (χ0n) is 15.1. The van der Waals surface area contributed by atoms with Crippen molar-refractivity contribution in [1.82, 2.24) is 19.9 Å². The molecule has 0 bridgehead atoms. The molecule has 2 heterocycles. The van der Waals surface area contributed by atoms with E-state index >= 15 is 0 Å². The number of hydrogen-bond donors (Lipinski definition) is 1. The number of aromatic nitrogens is 4. The van der Waals surface area contributed by atoms with Gasteiger partial charge < -0.3 is 10.5 Å². The van der Waals surface area contributed by atoms with Crippen molar-refractivity contribution in [2.45, 2.75) is 13.0 Å². The maximum absolute atomic E-state index is 14.6. The minimum Gasteiger partial charge on any atom is -0.484 e. The molecule has 0 saturated carbocycles. The van der Waals surface area contributed by atoms with Crippen LogP contribution >= 0.6 is 11.6 Å². The van der Waals surface area contributed by atoms with Gasteiger partial charge in [-0.1, -0.05) is 11.6 Å². The second-order valence-corrected chi connectivity index (χ2v) is 6.59. The van der Waals surface area contributed by atoms with Gasteiger partial charge in [0.05, 0.1) is 22.8 Å². The molecule has 0 unspecified atom stereocenters. The van der Waals surface area contributed by atoms with Crippen LogP contribution in [0.5, 0.6) is 5.75 Å². The van der Waals surface area contributed by atoms with Crippen LogP contribution in [0.4, 0.5) is 14.6 Å². The van der Waals surface area contributed by atoms with Crippen molar-refractivity contribution >= 4 is 28.3 Å². The van der Waals surface area contributed by atoms with E-state index in [9.17, 15) is 8.78 Å². The number of benzene rings is 2. The van der Waals surface area contributed by atoms with Crippen molar-refractivity contribution in [3.8, 4) is 16.9 Å². The number of nitrogens with zero attached hydrogens (tertiary/aromatic N) is 4. The summed E-state index contributed by atoms with van der Waals surface area (Å²) in [5.41, 5.74) is 7.52. The van der Waals surface area contributed by atoms with Gasteiger partial charge in [0.15, 0.2) is 5.82 Å². The van der Waals surface area contributed by atoms with Crippen LogP contribution in [0.3, 0.4) is 0 Å². The molecule has 2 aromatic carbocycles. The lowest BCUT2D eigenvalue weighted by Crippen LogP contribution is -2.07. The standard InChI is InChI=1S/C20H14ClF2N5O/c1-10(14-8-25-6-7-26-14)29-15-5-3-12(19-16(15)20(24)28-9-27-19)11-2-4-13(22)17(21)18(11)23/h2-10H,1H3,(H2,24,27,28)/t10-/m1/s1. The summed E-state index contributed by atoms with van der Waals surface area (Å²) in [5, 5.41) is -0.185. The van der Waals surface area contributed by atoms with Crippen molar-refractivity contribution in [2.24, 2.45) is 0 Å². The van der Waals surface area contributed by atoms with Crippen molar-refractivity contribution in [2.75, 3.05) is 5.73 Å². The highest BCUT2D eigenvalue weighted by Gasteiger charge is 2.20. The number of nitrogens with two attached hydrogens (primary N) is 1. The third-order valence-corrected chi connectivity index (χ3v) is 4.75. The summed E-state index contributed by atoms with van der Waals surface area (Å²) in [5.74, 6) is -1.17. The van der Waals surface area contributed by atoms with Gasteiger partial charge in [0.2, 0.25) is 0 Å². The van der Waals surface area contributed by atoms with E-state index in [1.54, 1.807) is 30.7 Å². The largest absolute Gasteiger partial charge is 0.484 e. The van der Waals surface area contributed by atoms with E-state index in [0.717, 1.165) is 6.07 Å². The molecule has 0 fully saturated rings. The lowest BCUT2D eigenvalue weighted by atomic mass is 10.0. The van der Waals surface area contributed by atoms with Gasteiger partial charge in [0, 0.05) is 23.5 Å². The number of halogens is 3. The van der Waals surface area contributed by atoms with Crippen LogP contribution in [0.2, 0.25) is 5.02 Å². The molecule has 0 spiro atoms. The maximum Gasteiger partial charge on any atom is 0.152 e. The first-order chi connectivity index (χ1) is 14.0. The number of ether oxygens (including phenoxy) is 1. The molecule has 0 amide bonds. The molecular weight excluding hydrogens is 400 g/mol. The molecule has 9 heteroatoms. The molecule has 4 aromatic rings. The van der Waals surface area contributed by atoms with E-state index < -0.39 is 22.8 Å². The smallest absolute Gasteiger partial charge is 0.152 e. The second kappa shape index (κ2) is 7.56. The zero-order chi connectivity index (χ0) is 20.5. The van der Waals surface area contributed by atoms with Gasteiger partial charge in [-0.05, 0) is 31.2 Å². The molecule has 0 aliphatic carbocycles. The van der Waals surface area contributed by atoms with Crippen LogP contribution in [0, 0.1) is 11.6 Å². The van der Waals surface area contributed by atoms with Gasteiger partial charge in [-0.25, -0.2) is 18.7 Å². The molecule has 6 nitrogen and oxygen atoms in total. The number of rotatable bonds is 4. The summed E-state index contributed by atoms with van der Waals surface area (Å²) in [4.78, 5) is 16.5. The fourth-order valence-electron chi connectivity index (χ4n) is 2.99. The van der Waals surface area contributed by atoms with Crippen LogP contribution in [-0.2, 0) is 0 Å². The highest BCUT2D eigenvalue weighted by atomic mass is 35.5. The third kappa shape index (κ3) is 3.42. The monoisotopic (exact) mass is 413 g/mol. The lowest BCUT2D eigenvalue weighted by Gasteiger charge is -2.17. The Hall–Kier alpha value is -3.39. The average molecular weight is 414 g/mol. The number of nitrogen functional groups attached to an aromatic ring is 1. The topological polar surface area (TPSA) is 86.8 Å². The number of anilines is 1. The molecule has 4 rings (SSSR count). The fraction of sp³-hybridized carbons (Fsp3) is 0.100. The molecule has 2 aromatic heterocycles. The van der Waals surface area contributed by atoms with Gasteiger partial charge in [-0.15, -0.1) is 0 Å². The highest BCUT2D eigenvalue weighted by molar-refractivity contribution is 6.31. The molecule has 0 aliphatic rings. The average Bonchev–Trinajstić information content (AvgIpc) is 2.73. The Labute approximate surface area is 169 Å². The fourth-order valence-corrected chi connectivity index (χ4v) is 3.15. The van der Waals surface area contributed by atoms with Gasteiger partial charge in [0.1, 0.15) is 34.8 Å². The first-order valence-electron chi connectivity index (χ1n) is 8.57. The Kier molecular flexibility index (Phi) is 4.94. The SMILES string of the molecule is C[C@@H](Oc1ccc(-c2ccc(F)c(Cl)c2F)c2ncnc(N)c12)c1cnccn1. The predicted octanol–water partition coefficient (Wildman–Crippen LogP) is 4.74.